The van der Waals surface area contributed by atoms with Gasteiger partial charge in [0.2, 0.25) is 0 Å². The smallest absolute Gasteiger partial charge is 0.0223 e. The van der Waals surface area contributed by atoms with E-state index >= 15 is 0 Å². The van der Waals surface area contributed by atoms with E-state index < -0.39 is 0 Å². The lowest BCUT2D eigenvalue weighted by Crippen LogP contribution is -2.46. The minimum absolute atomic E-state index is 0.857. The van der Waals surface area contributed by atoms with Crippen molar-refractivity contribution < 1.29 is 0 Å². The van der Waals surface area contributed by atoms with Crippen molar-refractivity contribution in [3.8, 4) is 0 Å². The Labute approximate surface area is 99.8 Å². The van der Waals surface area contributed by atoms with Gasteiger partial charge in [0, 0.05) is 18.6 Å². The van der Waals surface area contributed by atoms with Gasteiger partial charge in [0.05, 0.1) is 0 Å². The molecule has 3 aliphatic rings. The predicted octanol–water partition coefficient (Wildman–Crippen LogP) is 2.39. The summed E-state index contributed by atoms with van der Waals surface area (Å²) in [7, 11) is 0. The maximum atomic E-state index is 3.63. The number of likely N-dealkylation sites (tertiary alicyclic amines) is 1. The standard InChI is InChI=1S/C14H26N2/c1-2-7-14-12(5-1)8-10-16(14)13-6-3-4-9-15-11-13/h12-15H,1-11H2. The summed E-state index contributed by atoms with van der Waals surface area (Å²) >= 11 is 0. The zero-order valence-electron chi connectivity index (χ0n) is 10.5. The van der Waals surface area contributed by atoms with E-state index in [0.717, 1.165) is 18.0 Å². The highest BCUT2D eigenvalue weighted by Gasteiger charge is 2.38. The number of fused-ring (bicyclic) bond motifs is 1. The Kier molecular flexibility index (Phi) is 3.49. The molecule has 0 radical (unpaired) electrons. The number of rotatable bonds is 1. The second-order valence-corrected chi connectivity index (χ2v) is 5.99. The molecular formula is C14H26N2. The van der Waals surface area contributed by atoms with E-state index in [4.69, 9.17) is 0 Å². The van der Waals surface area contributed by atoms with E-state index in [2.05, 4.69) is 10.2 Å². The van der Waals surface area contributed by atoms with Gasteiger partial charge >= 0.3 is 0 Å². The summed E-state index contributed by atoms with van der Waals surface area (Å²) in [6.45, 7) is 3.89. The first kappa shape index (κ1) is 11.0. The monoisotopic (exact) mass is 222 g/mol. The molecule has 2 aliphatic heterocycles. The lowest BCUT2D eigenvalue weighted by atomic mass is 9.85. The van der Waals surface area contributed by atoms with Crippen molar-refractivity contribution in [3.63, 3.8) is 0 Å². The predicted molar refractivity (Wildman–Crippen MR) is 67.6 cm³/mol. The van der Waals surface area contributed by atoms with Gasteiger partial charge in [-0.15, -0.1) is 0 Å². The zero-order valence-corrected chi connectivity index (χ0v) is 10.5. The number of hydrogen-bond donors (Lipinski definition) is 1. The van der Waals surface area contributed by atoms with E-state index in [1.54, 1.807) is 0 Å². The molecule has 3 fully saturated rings. The molecule has 0 amide bonds. The maximum Gasteiger partial charge on any atom is 0.0223 e. The lowest BCUT2D eigenvalue weighted by Gasteiger charge is -2.36. The van der Waals surface area contributed by atoms with E-state index in [0.29, 0.717) is 0 Å². The van der Waals surface area contributed by atoms with Crippen molar-refractivity contribution in [3.05, 3.63) is 0 Å². The fourth-order valence-electron chi connectivity index (χ4n) is 4.18. The molecule has 0 aromatic carbocycles. The quantitative estimate of drug-likeness (QED) is 0.733. The summed E-state index contributed by atoms with van der Waals surface area (Å²) in [5, 5.41) is 3.63. The molecular weight excluding hydrogens is 196 g/mol. The van der Waals surface area contributed by atoms with E-state index in [9.17, 15) is 0 Å². The SMILES string of the molecule is C1CCC(N2CCC3CCCCC32)CNC1. The second kappa shape index (κ2) is 5.05. The van der Waals surface area contributed by atoms with Crippen LogP contribution in [0, 0.1) is 5.92 Å². The Hall–Kier alpha value is -0.0800. The molecule has 1 saturated carbocycles. The van der Waals surface area contributed by atoms with Crippen LogP contribution in [0.4, 0.5) is 0 Å². The van der Waals surface area contributed by atoms with Gasteiger partial charge < -0.3 is 5.32 Å². The first-order valence-corrected chi connectivity index (χ1v) is 7.41. The minimum Gasteiger partial charge on any atom is -0.315 e. The summed E-state index contributed by atoms with van der Waals surface area (Å²) in [5.74, 6) is 1.05. The summed E-state index contributed by atoms with van der Waals surface area (Å²) in [5.41, 5.74) is 0. The van der Waals surface area contributed by atoms with Crippen LogP contribution >= 0.6 is 0 Å². The third-order valence-corrected chi connectivity index (χ3v) is 5.04. The van der Waals surface area contributed by atoms with Gasteiger partial charge in [-0.2, -0.15) is 0 Å². The average Bonchev–Trinajstić information content (AvgIpc) is 2.57. The van der Waals surface area contributed by atoms with Gasteiger partial charge in [-0.05, 0) is 51.1 Å². The van der Waals surface area contributed by atoms with Crippen molar-refractivity contribution in [2.45, 2.75) is 63.5 Å². The molecule has 92 valence electrons. The molecule has 0 aromatic heterocycles. The highest BCUT2D eigenvalue weighted by atomic mass is 15.2. The Balaban J connectivity index is 1.64. The van der Waals surface area contributed by atoms with Crippen LogP contribution in [0.25, 0.3) is 0 Å². The van der Waals surface area contributed by atoms with Crippen LogP contribution in [0.15, 0.2) is 0 Å². The molecule has 0 aromatic rings. The molecule has 0 bridgehead atoms. The molecule has 0 spiro atoms. The van der Waals surface area contributed by atoms with Crippen LogP contribution in [0.2, 0.25) is 0 Å². The molecule has 2 nitrogen and oxygen atoms in total. The second-order valence-electron chi connectivity index (χ2n) is 5.99. The van der Waals surface area contributed by atoms with Gasteiger partial charge in [-0.1, -0.05) is 19.3 Å². The van der Waals surface area contributed by atoms with Gasteiger partial charge in [0.15, 0.2) is 0 Å². The molecule has 1 aliphatic carbocycles. The van der Waals surface area contributed by atoms with Crippen molar-refractivity contribution in [1.29, 1.82) is 0 Å². The maximum absolute atomic E-state index is 3.63. The minimum atomic E-state index is 0.857. The average molecular weight is 222 g/mol. The Morgan fingerprint density at radius 1 is 0.875 bits per heavy atom. The summed E-state index contributed by atoms with van der Waals surface area (Å²) in [4.78, 5) is 2.88. The van der Waals surface area contributed by atoms with Crippen molar-refractivity contribution in [1.82, 2.24) is 10.2 Å². The largest absolute Gasteiger partial charge is 0.315 e. The van der Waals surface area contributed by atoms with Crippen molar-refractivity contribution >= 4 is 0 Å². The van der Waals surface area contributed by atoms with Gasteiger partial charge in [0.1, 0.15) is 0 Å². The van der Waals surface area contributed by atoms with Gasteiger partial charge in [0.25, 0.3) is 0 Å². The highest BCUT2D eigenvalue weighted by molar-refractivity contribution is 4.93. The van der Waals surface area contributed by atoms with E-state index in [1.807, 2.05) is 0 Å². The number of hydrogen-bond acceptors (Lipinski definition) is 2. The first-order chi connectivity index (χ1) is 7.95. The normalized spacial score (nSPS) is 41.6. The fraction of sp³-hybridized carbons (Fsp3) is 1.00. The van der Waals surface area contributed by atoms with Crippen LogP contribution in [-0.4, -0.2) is 36.6 Å². The van der Waals surface area contributed by atoms with E-state index in [-0.39, 0.29) is 0 Å². The third-order valence-electron chi connectivity index (χ3n) is 5.04. The van der Waals surface area contributed by atoms with Crippen LogP contribution in [0.1, 0.15) is 51.4 Å². The first-order valence-electron chi connectivity index (χ1n) is 7.41. The number of nitrogens with zero attached hydrogens (tertiary/aromatic N) is 1. The lowest BCUT2D eigenvalue weighted by molar-refractivity contribution is 0.127. The highest BCUT2D eigenvalue weighted by Crippen LogP contribution is 2.37. The summed E-state index contributed by atoms with van der Waals surface area (Å²) in [6, 6.07) is 1.81. The molecule has 16 heavy (non-hydrogen) atoms. The number of nitrogens with one attached hydrogen (secondary N) is 1. The van der Waals surface area contributed by atoms with Gasteiger partial charge in [-0.25, -0.2) is 0 Å². The Morgan fingerprint density at radius 2 is 1.75 bits per heavy atom. The molecule has 3 unspecified atom stereocenters. The molecule has 2 heterocycles. The third kappa shape index (κ3) is 2.14. The van der Waals surface area contributed by atoms with Crippen molar-refractivity contribution in [2.24, 2.45) is 5.92 Å². The summed E-state index contributed by atoms with van der Waals surface area (Å²) < 4.78 is 0. The van der Waals surface area contributed by atoms with Crippen molar-refractivity contribution in [2.75, 3.05) is 19.6 Å². The molecule has 2 saturated heterocycles. The molecule has 3 atom stereocenters. The van der Waals surface area contributed by atoms with Crippen LogP contribution < -0.4 is 5.32 Å². The topological polar surface area (TPSA) is 15.3 Å². The summed E-state index contributed by atoms with van der Waals surface area (Å²) in [6.07, 6.45) is 11.7. The van der Waals surface area contributed by atoms with Crippen LogP contribution in [0.5, 0.6) is 0 Å². The molecule has 2 heteroatoms. The fourth-order valence-corrected chi connectivity index (χ4v) is 4.18. The van der Waals surface area contributed by atoms with Gasteiger partial charge in [-0.3, -0.25) is 4.90 Å². The Bertz CT molecular complexity index is 221. The van der Waals surface area contributed by atoms with Crippen LogP contribution in [-0.2, 0) is 0 Å². The molecule has 1 N–H and O–H groups in total. The van der Waals surface area contributed by atoms with Crippen LogP contribution in [0.3, 0.4) is 0 Å². The Morgan fingerprint density at radius 3 is 2.75 bits per heavy atom. The zero-order chi connectivity index (χ0) is 10.8. The van der Waals surface area contributed by atoms with E-state index in [1.165, 1.54) is 71.0 Å². The molecule has 3 rings (SSSR count).